The lowest BCUT2D eigenvalue weighted by molar-refractivity contribution is 1.26. The second-order valence-corrected chi connectivity index (χ2v) is 3.00. The molecule has 14 heavy (non-hydrogen) atoms. The molecule has 0 bridgehead atoms. The number of rotatable bonds is 3. The van der Waals surface area contributed by atoms with Gasteiger partial charge in [0.15, 0.2) is 0 Å². The van der Waals surface area contributed by atoms with E-state index in [1.807, 2.05) is 31.2 Å². The average molecular weight is 185 g/mol. The molecule has 1 nitrogen and oxygen atoms in total. The summed E-state index contributed by atoms with van der Waals surface area (Å²) in [5.41, 5.74) is 3.33. The van der Waals surface area contributed by atoms with E-state index < -0.39 is 0 Å². The molecule has 0 aliphatic heterocycles. The first kappa shape index (κ1) is 10.5. The highest BCUT2D eigenvalue weighted by Crippen LogP contribution is 2.20. The van der Waals surface area contributed by atoms with E-state index in [1.54, 1.807) is 12.3 Å². The van der Waals surface area contributed by atoms with E-state index in [1.165, 1.54) is 5.57 Å². The summed E-state index contributed by atoms with van der Waals surface area (Å²) in [5, 5.41) is 0. The molecular weight excluding hydrogens is 170 g/mol. The molecule has 0 amide bonds. The number of aromatic nitrogens is 1. The van der Waals surface area contributed by atoms with Gasteiger partial charge >= 0.3 is 0 Å². The average Bonchev–Trinajstić information content (AvgIpc) is 2.26. The summed E-state index contributed by atoms with van der Waals surface area (Å²) in [6.45, 7) is 7.81. The van der Waals surface area contributed by atoms with Crippen LogP contribution in [0.3, 0.4) is 0 Å². The van der Waals surface area contributed by atoms with Crippen molar-refractivity contribution in [3.63, 3.8) is 0 Å². The minimum atomic E-state index is 0.989. The molecule has 1 rings (SSSR count). The number of pyridine rings is 1. The van der Waals surface area contributed by atoms with Crippen molar-refractivity contribution in [3.05, 3.63) is 60.5 Å². The first-order valence-electron chi connectivity index (χ1n) is 4.67. The Labute approximate surface area is 85.5 Å². The van der Waals surface area contributed by atoms with Gasteiger partial charge in [-0.25, -0.2) is 0 Å². The SMILES string of the molecule is C=C/C=C(\C(C)=C/C)c1ccccn1. The van der Waals surface area contributed by atoms with Gasteiger partial charge < -0.3 is 0 Å². The highest BCUT2D eigenvalue weighted by atomic mass is 14.7. The molecule has 0 aliphatic carbocycles. The van der Waals surface area contributed by atoms with Crippen LogP contribution in [0.1, 0.15) is 19.5 Å². The molecule has 0 aromatic carbocycles. The zero-order valence-corrected chi connectivity index (χ0v) is 8.70. The van der Waals surface area contributed by atoms with Crippen molar-refractivity contribution in [2.75, 3.05) is 0 Å². The van der Waals surface area contributed by atoms with Gasteiger partial charge in [0.1, 0.15) is 0 Å². The van der Waals surface area contributed by atoms with Gasteiger partial charge in [-0.1, -0.05) is 30.9 Å². The van der Waals surface area contributed by atoms with Crippen LogP contribution in [0.5, 0.6) is 0 Å². The van der Waals surface area contributed by atoms with Crippen LogP contribution >= 0.6 is 0 Å². The highest BCUT2D eigenvalue weighted by Gasteiger charge is 2.02. The lowest BCUT2D eigenvalue weighted by atomic mass is 10.0. The largest absolute Gasteiger partial charge is 0.256 e. The lowest BCUT2D eigenvalue weighted by Gasteiger charge is -2.05. The Bertz CT molecular complexity index is 358. The third kappa shape index (κ3) is 2.43. The van der Waals surface area contributed by atoms with Crippen molar-refractivity contribution >= 4 is 5.57 Å². The molecule has 0 fully saturated rings. The van der Waals surface area contributed by atoms with E-state index in [4.69, 9.17) is 0 Å². The predicted molar refractivity (Wildman–Crippen MR) is 61.8 cm³/mol. The second-order valence-electron chi connectivity index (χ2n) is 3.00. The summed E-state index contributed by atoms with van der Waals surface area (Å²) in [6.07, 6.45) is 7.65. The molecular formula is C13H15N. The van der Waals surface area contributed by atoms with Gasteiger partial charge in [0, 0.05) is 11.8 Å². The molecule has 0 N–H and O–H groups in total. The number of nitrogens with zero attached hydrogens (tertiary/aromatic N) is 1. The maximum absolute atomic E-state index is 4.31. The summed E-state index contributed by atoms with van der Waals surface area (Å²) < 4.78 is 0. The Kier molecular flexibility index (Phi) is 3.86. The van der Waals surface area contributed by atoms with Gasteiger partial charge in [-0.3, -0.25) is 4.98 Å². The second kappa shape index (κ2) is 5.18. The molecule has 0 saturated heterocycles. The maximum atomic E-state index is 4.31. The molecule has 0 saturated carbocycles. The van der Waals surface area contributed by atoms with Crippen LogP contribution in [-0.2, 0) is 0 Å². The molecule has 0 spiro atoms. The lowest BCUT2D eigenvalue weighted by Crippen LogP contribution is -1.89. The van der Waals surface area contributed by atoms with Crippen LogP contribution in [0.25, 0.3) is 5.57 Å². The molecule has 1 heteroatoms. The smallest absolute Gasteiger partial charge is 0.0704 e. The number of hydrogen-bond donors (Lipinski definition) is 0. The molecule has 1 heterocycles. The fourth-order valence-electron chi connectivity index (χ4n) is 1.21. The molecule has 1 aromatic heterocycles. The van der Waals surface area contributed by atoms with Gasteiger partial charge in [-0.2, -0.15) is 0 Å². The topological polar surface area (TPSA) is 12.9 Å². The Morgan fingerprint density at radius 2 is 2.21 bits per heavy atom. The van der Waals surface area contributed by atoms with Gasteiger partial charge in [0.05, 0.1) is 5.69 Å². The predicted octanol–water partition coefficient (Wildman–Crippen LogP) is 3.62. The Hall–Kier alpha value is -1.63. The summed E-state index contributed by atoms with van der Waals surface area (Å²) in [7, 11) is 0. The molecule has 0 atom stereocenters. The first-order chi connectivity index (χ1) is 6.79. The first-order valence-corrected chi connectivity index (χ1v) is 4.67. The van der Waals surface area contributed by atoms with E-state index in [2.05, 4.69) is 24.6 Å². The minimum absolute atomic E-state index is 0.989. The normalized spacial score (nSPS) is 12.7. The molecule has 72 valence electrons. The van der Waals surface area contributed by atoms with E-state index in [0.29, 0.717) is 0 Å². The van der Waals surface area contributed by atoms with Gasteiger partial charge in [-0.15, -0.1) is 0 Å². The van der Waals surface area contributed by atoms with Crippen LogP contribution in [-0.4, -0.2) is 4.98 Å². The maximum Gasteiger partial charge on any atom is 0.0704 e. The minimum Gasteiger partial charge on any atom is -0.256 e. The number of hydrogen-bond acceptors (Lipinski definition) is 1. The van der Waals surface area contributed by atoms with Crippen molar-refractivity contribution in [3.8, 4) is 0 Å². The van der Waals surface area contributed by atoms with Crippen LogP contribution < -0.4 is 0 Å². The third-order valence-corrected chi connectivity index (χ3v) is 2.08. The summed E-state index contributed by atoms with van der Waals surface area (Å²) in [5.74, 6) is 0. The van der Waals surface area contributed by atoms with Crippen molar-refractivity contribution in [1.29, 1.82) is 0 Å². The zero-order chi connectivity index (χ0) is 10.4. The van der Waals surface area contributed by atoms with Crippen LogP contribution in [0, 0.1) is 0 Å². The van der Waals surface area contributed by atoms with E-state index in [-0.39, 0.29) is 0 Å². The molecule has 0 radical (unpaired) electrons. The monoisotopic (exact) mass is 185 g/mol. The van der Waals surface area contributed by atoms with Crippen molar-refractivity contribution in [1.82, 2.24) is 4.98 Å². The molecule has 0 aliphatic rings. The summed E-state index contributed by atoms with van der Waals surface area (Å²) in [4.78, 5) is 4.31. The Morgan fingerprint density at radius 3 is 2.71 bits per heavy atom. The Balaban J connectivity index is 3.14. The summed E-state index contributed by atoms with van der Waals surface area (Å²) >= 11 is 0. The van der Waals surface area contributed by atoms with Crippen LogP contribution in [0.2, 0.25) is 0 Å². The fourth-order valence-corrected chi connectivity index (χ4v) is 1.21. The van der Waals surface area contributed by atoms with Crippen LogP contribution in [0.4, 0.5) is 0 Å². The highest BCUT2D eigenvalue weighted by molar-refractivity contribution is 5.77. The van der Waals surface area contributed by atoms with Crippen molar-refractivity contribution < 1.29 is 0 Å². The van der Waals surface area contributed by atoms with Crippen LogP contribution in [0.15, 0.2) is 54.8 Å². The van der Waals surface area contributed by atoms with Gasteiger partial charge in [0.2, 0.25) is 0 Å². The Morgan fingerprint density at radius 1 is 1.43 bits per heavy atom. The third-order valence-electron chi connectivity index (χ3n) is 2.08. The standard InChI is InChI=1S/C13H15N/c1-4-8-12(11(3)5-2)13-9-6-7-10-14-13/h4-10H,1H2,2-3H3/b11-5-,12-8+. The zero-order valence-electron chi connectivity index (χ0n) is 8.70. The molecule has 0 unspecified atom stereocenters. The van der Waals surface area contributed by atoms with Gasteiger partial charge in [-0.05, 0) is 31.6 Å². The van der Waals surface area contributed by atoms with E-state index >= 15 is 0 Å². The van der Waals surface area contributed by atoms with E-state index in [9.17, 15) is 0 Å². The van der Waals surface area contributed by atoms with E-state index in [0.717, 1.165) is 11.3 Å². The number of allylic oxidation sites excluding steroid dienone is 5. The van der Waals surface area contributed by atoms with Crippen molar-refractivity contribution in [2.24, 2.45) is 0 Å². The fraction of sp³-hybridized carbons (Fsp3) is 0.154. The molecule has 1 aromatic rings. The quantitative estimate of drug-likeness (QED) is 0.655. The van der Waals surface area contributed by atoms with Crippen molar-refractivity contribution in [2.45, 2.75) is 13.8 Å². The van der Waals surface area contributed by atoms with Gasteiger partial charge in [0.25, 0.3) is 0 Å². The summed E-state index contributed by atoms with van der Waals surface area (Å²) in [6, 6.07) is 5.91.